The van der Waals surface area contributed by atoms with Crippen LogP contribution in [0, 0.1) is 5.92 Å². The van der Waals surface area contributed by atoms with E-state index < -0.39 is 0 Å². The van der Waals surface area contributed by atoms with Gasteiger partial charge in [-0.1, -0.05) is 17.3 Å². The van der Waals surface area contributed by atoms with Crippen LogP contribution in [0.3, 0.4) is 0 Å². The molecule has 2 N–H and O–H groups in total. The Balaban J connectivity index is 1.96. The van der Waals surface area contributed by atoms with Crippen LogP contribution in [0.4, 0.5) is 5.69 Å². The first-order chi connectivity index (χ1) is 6.34. The second-order valence-corrected chi connectivity index (χ2v) is 3.58. The number of hydrogen-bond acceptors (Lipinski definition) is 3. The quantitative estimate of drug-likeness (QED) is 0.654. The van der Waals surface area contributed by atoms with Gasteiger partial charge < -0.3 is 10.6 Å². The van der Waals surface area contributed by atoms with Gasteiger partial charge in [-0.25, -0.2) is 0 Å². The first-order valence-electron chi connectivity index (χ1n) is 4.44. The number of oxime groups is 1. The molecule has 3 heteroatoms. The number of fused-ring (bicyclic) bond motifs is 1. The van der Waals surface area contributed by atoms with Crippen molar-refractivity contribution in [2.75, 3.05) is 5.73 Å². The summed E-state index contributed by atoms with van der Waals surface area (Å²) >= 11 is 0. The Morgan fingerprint density at radius 1 is 1.31 bits per heavy atom. The normalized spacial score (nSPS) is 29.1. The predicted octanol–water partition coefficient (Wildman–Crippen LogP) is 1.39. The molecule has 1 aromatic rings. The van der Waals surface area contributed by atoms with E-state index in [2.05, 4.69) is 5.16 Å². The van der Waals surface area contributed by atoms with Crippen molar-refractivity contribution in [1.29, 1.82) is 0 Å². The maximum Gasteiger partial charge on any atom is 0.136 e. The number of anilines is 1. The van der Waals surface area contributed by atoms with Crippen LogP contribution in [0.25, 0.3) is 0 Å². The number of nitrogens with two attached hydrogens (primary N) is 1. The Morgan fingerprint density at radius 3 is 2.62 bits per heavy atom. The predicted molar refractivity (Wildman–Crippen MR) is 50.4 cm³/mol. The summed E-state index contributed by atoms with van der Waals surface area (Å²) in [5.74, 6) is 0.545. The van der Waals surface area contributed by atoms with Crippen LogP contribution in [-0.2, 0) is 4.84 Å². The molecule has 0 radical (unpaired) electrons. The van der Waals surface area contributed by atoms with Gasteiger partial charge in [0.15, 0.2) is 0 Å². The highest BCUT2D eigenvalue weighted by Crippen LogP contribution is 2.42. The summed E-state index contributed by atoms with van der Waals surface area (Å²) in [6.45, 7) is 0. The van der Waals surface area contributed by atoms with Gasteiger partial charge in [0.25, 0.3) is 0 Å². The summed E-state index contributed by atoms with van der Waals surface area (Å²) in [5, 5.41) is 4.04. The van der Waals surface area contributed by atoms with E-state index >= 15 is 0 Å². The van der Waals surface area contributed by atoms with Gasteiger partial charge in [0.2, 0.25) is 0 Å². The van der Waals surface area contributed by atoms with Gasteiger partial charge in [0.1, 0.15) is 6.10 Å². The van der Waals surface area contributed by atoms with Crippen LogP contribution >= 0.6 is 0 Å². The number of nitrogen functional groups attached to an aromatic ring is 1. The molecule has 2 atom stereocenters. The van der Waals surface area contributed by atoms with Crippen molar-refractivity contribution in [1.82, 2.24) is 0 Å². The summed E-state index contributed by atoms with van der Waals surface area (Å²) in [5.41, 5.74) is 8.61. The molecule has 1 saturated carbocycles. The van der Waals surface area contributed by atoms with Gasteiger partial charge in [0, 0.05) is 11.6 Å². The van der Waals surface area contributed by atoms with Crippen molar-refractivity contribution >= 4 is 11.4 Å². The molecule has 0 saturated heterocycles. The number of benzene rings is 1. The van der Waals surface area contributed by atoms with Gasteiger partial charge in [-0.15, -0.1) is 0 Å². The molecule has 0 aromatic heterocycles. The molecule has 1 fully saturated rings. The van der Waals surface area contributed by atoms with Crippen molar-refractivity contribution in [3.63, 3.8) is 0 Å². The lowest BCUT2D eigenvalue weighted by atomic mass is 10.1. The van der Waals surface area contributed by atoms with Gasteiger partial charge in [-0.3, -0.25) is 0 Å². The molecule has 13 heavy (non-hydrogen) atoms. The van der Waals surface area contributed by atoms with E-state index in [1.165, 1.54) is 0 Å². The minimum Gasteiger partial charge on any atom is -0.399 e. The van der Waals surface area contributed by atoms with Crippen molar-refractivity contribution in [2.24, 2.45) is 11.1 Å². The highest BCUT2D eigenvalue weighted by Gasteiger charge is 2.48. The molecule has 0 bridgehead atoms. The highest BCUT2D eigenvalue weighted by molar-refractivity contribution is 6.05. The van der Waals surface area contributed by atoms with Crippen LogP contribution in [0.15, 0.2) is 29.4 Å². The fraction of sp³-hybridized carbons (Fsp3) is 0.300. The molecule has 1 aliphatic carbocycles. The van der Waals surface area contributed by atoms with Crippen LogP contribution in [0.2, 0.25) is 0 Å². The van der Waals surface area contributed by atoms with Gasteiger partial charge in [-0.2, -0.15) is 0 Å². The van der Waals surface area contributed by atoms with Crippen molar-refractivity contribution < 1.29 is 4.84 Å². The lowest BCUT2D eigenvalue weighted by Crippen LogP contribution is -2.01. The topological polar surface area (TPSA) is 47.6 Å². The molecule has 3 rings (SSSR count). The van der Waals surface area contributed by atoms with E-state index in [0.717, 1.165) is 23.4 Å². The zero-order valence-electron chi connectivity index (χ0n) is 7.10. The maximum atomic E-state index is 5.60. The molecule has 1 aromatic carbocycles. The minimum absolute atomic E-state index is 0.368. The lowest BCUT2D eigenvalue weighted by Gasteiger charge is -1.99. The fourth-order valence-electron chi connectivity index (χ4n) is 1.69. The summed E-state index contributed by atoms with van der Waals surface area (Å²) in [6.07, 6.45) is 1.50. The van der Waals surface area contributed by atoms with Crippen LogP contribution in [0.5, 0.6) is 0 Å². The molecule has 0 amide bonds. The van der Waals surface area contributed by atoms with Crippen LogP contribution in [-0.4, -0.2) is 11.8 Å². The van der Waals surface area contributed by atoms with Crippen molar-refractivity contribution in [3.8, 4) is 0 Å². The van der Waals surface area contributed by atoms with E-state index in [9.17, 15) is 0 Å². The number of rotatable bonds is 1. The highest BCUT2D eigenvalue weighted by atomic mass is 16.7. The second-order valence-electron chi connectivity index (χ2n) is 3.58. The zero-order valence-corrected chi connectivity index (χ0v) is 7.10. The van der Waals surface area contributed by atoms with Crippen molar-refractivity contribution in [2.45, 2.75) is 12.5 Å². The first-order valence-corrected chi connectivity index (χ1v) is 4.44. The monoisotopic (exact) mass is 174 g/mol. The average molecular weight is 174 g/mol. The van der Waals surface area contributed by atoms with Crippen LogP contribution in [0.1, 0.15) is 12.0 Å². The molecule has 1 heterocycles. The second kappa shape index (κ2) is 2.25. The Hall–Kier alpha value is -1.51. The first kappa shape index (κ1) is 6.95. The van der Waals surface area contributed by atoms with Gasteiger partial charge in [0.05, 0.1) is 5.71 Å². The fourth-order valence-corrected chi connectivity index (χ4v) is 1.69. The average Bonchev–Trinajstić information content (AvgIpc) is 2.81. The Morgan fingerprint density at radius 2 is 2.08 bits per heavy atom. The van der Waals surface area contributed by atoms with E-state index in [0.29, 0.717) is 12.0 Å². The minimum atomic E-state index is 0.368. The molecular weight excluding hydrogens is 164 g/mol. The third-order valence-electron chi connectivity index (χ3n) is 2.58. The molecule has 0 unspecified atom stereocenters. The molecule has 0 spiro atoms. The van der Waals surface area contributed by atoms with E-state index in [4.69, 9.17) is 10.6 Å². The van der Waals surface area contributed by atoms with Crippen molar-refractivity contribution in [3.05, 3.63) is 29.8 Å². The Labute approximate surface area is 76.2 Å². The van der Waals surface area contributed by atoms with E-state index in [1.54, 1.807) is 0 Å². The largest absolute Gasteiger partial charge is 0.399 e. The van der Waals surface area contributed by atoms with Gasteiger partial charge in [-0.05, 0) is 24.1 Å². The SMILES string of the molecule is Nc1ccc(C2=NO[C@H]3C[C@H]23)cc1. The van der Waals surface area contributed by atoms with Gasteiger partial charge >= 0.3 is 0 Å². The molecule has 3 nitrogen and oxygen atoms in total. The lowest BCUT2D eigenvalue weighted by molar-refractivity contribution is 0.140. The van der Waals surface area contributed by atoms with E-state index in [1.807, 2.05) is 24.3 Å². The third kappa shape index (κ3) is 1.00. The molecule has 66 valence electrons. The summed E-state index contributed by atoms with van der Waals surface area (Å²) in [6, 6.07) is 7.79. The standard InChI is InChI=1S/C10H10N2O/c11-7-3-1-6(2-4-7)10-8-5-9(8)13-12-10/h1-4,8-9H,5,11H2/t8-,9-/m0/s1. The maximum absolute atomic E-state index is 5.60. The number of nitrogens with zero attached hydrogens (tertiary/aromatic N) is 1. The Kier molecular flexibility index (Phi) is 1.20. The smallest absolute Gasteiger partial charge is 0.136 e. The molecular formula is C10H10N2O. The Bertz CT molecular complexity index is 369. The summed E-state index contributed by atoms with van der Waals surface area (Å²) in [4.78, 5) is 5.18. The number of hydrogen-bond donors (Lipinski definition) is 1. The summed E-state index contributed by atoms with van der Waals surface area (Å²) in [7, 11) is 0. The third-order valence-corrected chi connectivity index (χ3v) is 2.58. The van der Waals surface area contributed by atoms with E-state index in [-0.39, 0.29) is 0 Å². The molecule has 1 aliphatic heterocycles. The van der Waals surface area contributed by atoms with Crippen LogP contribution < -0.4 is 5.73 Å². The zero-order chi connectivity index (χ0) is 8.84. The molecule has 2 aliphatic rings. The summed E-state index contributed by atoms with van der Waals surface area (Å²) < 4.78 is 0.